The highest BCUT2D eigenvalue weighted by Crippen LogP contribution is 2.32. The van der Waals surface area contributed by atoms with Gasteiger partial charge in [0.05, 0.1) is 12.8 Å². The number of hydrogen-bond donors (Lipinski definition) is 1. The van der Waals surface area contributed by atoms with Crippen molar-refractivity contribution in [2.45, 2.75) is 25.4 Å². The van der Waals surface area contributed by atoms with Crippen LogP contribution in [0.4, 0.5) is 5.82 Å². The fraction of sp³-hybridized carbons (Fsp3) is 0.320. The van der Waals surface area contributed by atoms with Gasteiger partial charge in [0.2, 0.25) is 0 Å². The van der Waals surface area contributed by atoms with Crippen LogP contribution in [-0.2, 0) is 13.6 Å². The molecule has 2 aromatic heterocycles. The van der Waals surface area contributed by atoms with Crippen LogP contribution in [0.25, 0.3) is 22.2 Å². The summed E-state index contributed by atoms with van der Waals surface area (Å²) < 4.78 is 7.08. The van der Waals surface area contributed by atoms with E-state index in [0.717, 1.165) is 66.2 Å². The lowest BCUT2D eigenvalue weighted by Crippen LogP contribution is -2.42. The van der Waals surface area contributed by atoms with Crippen LogP contribution in [0, 0.1) is 0 Å². The number of fused-ring (bicyclic) bond motifs is 1. The zero-order valence-corrected chi connectivity index (χ0v) is 18.5. The molecule has 0 spiro atoms. The van der Waals surface area contributed by atoms with E-state index < -0.39 is 0 Å². The quantitative estimate of drug-likeness (QED) is 0.504. The Morgan fingerprint density at radius 1 is 0.969 bits per heavy atom. The van der Waals surface area contributed by atoms with Gasteiger partial charge in [-0.15, -0.1) is 10.2 Å². The van der Waals surface area contributed by atoms with Gasteiger partial charge in [-0.3, -0.25) is 4.68 Å². The smallest absolute Gasteiger partial charge is 0.159 e. The Morgan fingerprint density at radius 2 is 1.72 bits per heavy atom. The highest BCUT2D eigenvalue weighted by atomic mass is 16.5. The standard InChI is InChI=1S/C25H28N6O/c1-30-23(11-14-27-30)24-21-5-3-4-6-22(21)25(29-28-24)31-15-12-19(13-16-31)26-17-18-7-9-20(32-2)10-8-18/h3-11,14,19,26H,12-13,15-17H2,1-2H3. The molecule has 7 nitrogen and oxygen atoms in total. The van der Waals surface area contributed by atoms with E-state index >= 15 is 0 Å². The third-order valence-corrected chi connectivity index (χ3v) is 6.28. The Labute approximate surface area is 188 Å². The fourth-order valence-electron chi connectivity index (χ4n) is 4.42. The predicted molar refractivity (Wildman–Crippen MR) is 127 cm³/mol. The number of ether oxygens (including phenoxy) is 1. The number of nitrogens with one attached hydrogen (secondary N) is 1. The summed E-state index contributed by atoms with van der Waals surface area (Å²) in [6.45, 7) is 2.80. The third-order valence-electron chi connectivity index (χ3n) is 6.28. The monoisotopic (exact) mass is 428 g/mol. The summed E-state index contributed by atoms with van der Waals surface area (Å²) in [7, 11) is 3.63. The maximum atomic E-state index is 5.24. The van der Waals surface area contributed by atoms with Crippen LogP contribution in [0.2, 0.25) is 0 Å². The van der Waals surface area contributed by atoms with Crippen LogP contribution in [0.1, 0.15) is 18.4 Å². The lowest BCUT2D eigenvalue weighted by Gasteiger charge is -2.33. The summed E-state index contributed by atoms with van der Waals surface area (Å²) in [5, 5.41) is 19.5. The molecule has 7 heteroatoms. The highest BCUT2D eigenvalue weighted by Gasteiger charge is 2.23. The molecule has 0 aliphatic carbocycles. The summed E-state index contributed by atoms with van der Waals surface area (Å²) in [6, 6.07) is 19.1. The van der Waals surface area contributed by atoms with Crippen LogP contribution in [0.15, 0.2) is 60.8 Å². The molecule has 0 unspecified atom stereocenters. The Bertz CT molecular complexity index is 1190. The van der Waals surface area contributed by atoms with E-state index in [0.29, 0.717) is 6.04 Å². The molecule has 0 amide bonds. The SMILES string of the molecule is COc1ccc(CNC2CCN(c3nnc(-c4ccnn4C)c4ccccc34)CC2)cc1. The van der Waals surface area contributed by atoms with Gasteiger partial charge in [-0.25, -0.2) is 0 Å². The number of benzene rings is 2. The van der Waals surface area contributed by atoms with E-state index in [-0.39, 0.29) is 0 Å². The number of rotatable bonds is 6. The molecule has 4 aromatic rings. The average molecular weight is 429 g/mol. The van der Waals surface area contributed by atoms with Gasteiger partial charge in [0.15, 0.2) is 5.82 Å². The molecule has 0 bridgehead atoms. The van der Waals surface area contributed by atoms with Gasteiger partial charge in [-0.05, 0) is 36.6 Å². The zero-order valence-electron chi connectivity index (χ0n) is 18.5. The second-order valence-corrected chi connectivity index (χ2v) is 8.25. The van der Waals surface area contributed by atoms with Gasteiger partial charge >= 0.3 is 0 Å². The van der Waals surface area contributed by atoms with Crippen molar-refractivity contribution in [1.82, 2.24) is 25.3 Å². The number of aromatic nitrogens is 4. The number of anilines is 1. The summed E-state index contributed by atoms with van der Waals surface area (Å²) >= 11 is 0. The molecule has 0 saturated carbocycles. The molecule has 32 heavy (non-hydrogen) atoms. The lowest BCUT2D eigenvalue weighted by atomic mass is 10.0. The number of methoxy groups -OCH3 is 1. The van der Waals surface area contributed by atoms with Crippen LogP contribution in [0.3, 0.4) is 0 Å². The van der Waals surface area contributed by atoms with E-state index in [2.05, 4.69) is 61.9 Å². The number of aryl methyl sites for hydroxylation is 1. The Morgan fingerprint density at radius 3 is 2.41 bits per heavy atom. The van der Waals surface area contributed by atoms with E-state index in [1.54, 1.807) is 13.3 Å². The van der Waals surface area contributed by atoms with Gasteiger partial charge in [-0.1, -0.05) is 36.4 Å². The molecule has 1 N–H and O–H groups in total. The van der Waals surface area contributed by atoms with Crippen LogP contribution in [-0.4, -0.2) is 46.2 Å². The molecule has 0 atom stereocenters. The Balaban J connectivity index is 1.28. The Kier molecular flexibility index (Phi) is 5.73. The van der Waals surface area contributed by atoms with Gasteiger partial charge in [0, 0.05) is 49.7 Å². The summed E-state index contributed by atoms with van der Waals surface area (Å²) in [5.41, 5.74) is 3.12. The van der Waals surface area contributed by atoms with E-state index in [4.69, 9.17) is 4.74 Å². The molecule has 1 fully saturated rings. The molecule has 3 heterocycles. The molecular weight excluding hydrogens is 400 g/mol. The largest absolute Gasteiger partial charge is 0.497 e. The van der Waals surface area contributed by atoms with Crippen molar-refractivity contribution in [2.24, 2.45) is 7.05 Å². The normalized spacial score (nSPS) is 14.8. The first kappa shape index (κ1) is 20.5. The van der Waals surface area contributed by atoms with Crippen molar-refractivity contribution in [3.8, 4) is 17.1 Å². The van der Waals surface area contributed by atoms with Crippen molar-refractivity contribution < 1.29 is 4.74 Å². The van der Waals surface area contributed by atoms with E-state index in [1.807, 2.05) is 29.9 Å². The molecule has 1 saturated heterocycles. The number of nitrogens with zero attached hydrogens (tertiary/aromatic N) is 5. The molecule has 5 rings (SSSR count). The molecule has 2 aromatic carbocycles. The molecule has 0 radical (unpaired) electrons. The van der Waals surface area contributed by atoms with Crippen molar-refractivity contribution in [1.29, 1.82) is 0 Å². The average Bonchev–Trinajstić information content (AvgIpc) is 3.28. The van der Waals surface area contributed by atoms with Crippen molar-refractivity contribution in [2.75, 3.05) is 25.1 Å². The maximum absolute atomic E-state index is 5.24. The lowest BCUT2D eigenvalue weighted by molar-refractivity contribution is 0.410. The molecule has 1 aliphatic rings. The number of piperidine rings is 1. The minimum absolute atomic E-state index is 0.501. The summed E-state index contributed by atoms with van der Waals surface area (Å²) in [6.07, 6.45) is 3.95. The van der Waals surface area contributed by atoms with Crippen LogP contribution < -0.4 is 15.0 Å². The molecular formula is C25H28N6O. The third kappa shape index (κ3) is 4.03. The minimum Gasteiger partial charge on any atom is -0.497 e. The van der Waals surface area contributed by atoms with Crippen molar-refractivity contribution in [3.63, 3.8) is 0 Å². The Hall–Kier alpha value is -3.45. The molecule has 164 valence electrons. The first-order valence-corrected chi connectivity index (χ1v) is 11.1. The molecule has 1 aliphatic heterocycles. The van der Waals surface area contributed by atoms with E-state index in [1.165, 1.54) is 5.56 Å². The van der Waals surface area contributed by atoms with Gasteiger partial charge in [0.25, 0.3) is 0 Å². The van der Waals surface area contributed by atoms with E-state index in [9.17, 15) is 0 Å². The minimum atomic E-state index is 0.501. The van der Waals surface area contributed by atoms with Crippen molar-refractivity contribution in [3.05, 3.63) is 66.4 Å². The van der Waals surface area contributed by atoms with Crippen LogP contribution >= 0.6 is 0 Å². The number of hydrogen-bond acceptors (Lipinski definition) is 6. The topological polar surface area (TPSA) is 68.1 Å². The maximum Gasteiger partial charge on any atom is 0.159 e. The van der Waals surface area contributed by atoms with Crippen LogP contribution in [0.5, 0.6) is 5.75 Å². The van der Waals surface area contributed by atoms with Gasteiger partial charge in [-0.2, -0.15) is 5.10 Å². The predicted octanol–water partition coefficient (Wildman–Crippen LogP) is 3.80. The first-order valence-electron chi connectivity index (χ1n) is 11.1. The zero-order chi connectivity index (χ0) is 21.9. The van der Waals surface area contributed by atoms with Crippen molar-refractivity contribution >= 4 is 16.6 Å². The summed E-state index contributed by atoms with van der Waals surface area (Å²) in [5.74, 6) is 1.87. The second-order valence-electron chi connectivity index (χ2n) is 8.25. The highest BCUT2D eigenvalue weighted by molar-refractivity contribution is 5.99. The fourth-order valence-corrected chi connectivity index (χ4v) is 4.42. The summed E-state index contributed by atoms with van der Waals surface area (Å²) in [4.78, 5) is 2.37. The first-order chi connectivity index (χ1) is 15.7. The van der Waals surface area contributed by atoms with Gasteiger partial charge in [0.1, 0.15) is 11.4 Å². The second kappa shape index (κ2) is 8.96. The van der Waals surface area contributed by atoms with Gasteiger partial charge < -0.3 is 15.0 Å².